The highest BCUT2D eigenvalue weighted by molar-refractivity contribution is 7.15. The van der Waals surface area contributed by atoms with E-state index in [0.717, 1.165) is 26.2 Å². The summed E-state index contributed by atoms with van der Waals surface area (Å²) in [5.41, 5.74) is 1.32. The lowest BCUT2D eigenvalue weighted by atomic mass is 10.2. The third-order valence-corrected chi connectivity index (χ3v) is 4.88. The minimum Gasteiger partial charge on any atom is -0.312 e. The van der Waals surface area contributed by atoms with Crippen molar-refractivity contribution in [3.8, 4) is 10.4 Å². The largest absolute Gasteiger partial charge is 0.312 e. The maximum Gasteiger partial charge on any atom is 0.0346 e. The van der Waals surface area contributed by atoms with Gasteiger partial charge in [0.15, 0.2) is 0 Å². The second kappa shape index (κ2) is 8.98. The number of nitrogens with one attached hydrogen (secondary N) is 1. The maximum absolute atomic E-state index is 3.55. The number of nitrogens with zero attached hydrogens (tertiary/aromatic N) is 1. The van der Waals surface area contributed by atoms with Crippen LogP contribution >= 0.6 is 11.3 Å². The van der Waals surface area contributed by atoms with Crippen molar-refractivity contribution < 1.29 is 0 Å². The Hall–Kier alpha value is -1.16. The first-order valence-electron chi connectivity index (χ1n) is 7.90. The van der Waals surface area contributed by atoms with Crippen molar-refractivity contribution in [3.63, 3.8) is 0 Å². The van der Waals surface area contributed by atoms with Crippen molar-refractivity contribution in [1.29, 1.82) is 0 Å². The Morgan fingerprint density at radius 1 is 1.00 bits per heavy atom. The molecule has 114 valence electrons. The smallest absolute Gasteiger partial charge is 0.0346 e. The maximum atomic E-state index is 3.55. The highest BCUT2D eigenvalue weighted by Crippen LogP contribution is 2.27. The number of rotatable bonds is 9. The highest BCUT2D eigenvalue weighted by atomic mass is 32.1. The molecule has 1 heterocycles. The zero-order chi connectivity index (χ0) is 14.9. The summed E-state index contributed by atoms with van der Waals surface area (Å²) in [5, 5.41) is 3.55. The first-order chi connectivity index (χ1) is 10.3. The van der Waals surface area contributed by atoms with E-state index in [2.05, 4.69) is 66.5 Å². The summed E-state index contributed by atoms with van der Waals surface area (Å²) in [5.74, 6) is 0. The summed E-state index contributed by atoms with van der Waals surface area (Å²) in [4.78, 5) is 5.24. The average molecular weight is 302 g/mol. The minimum absolute atomic E-state index is 0.982. The fourth-order valence-corrected chi connectivity index (χ4v) is 3.39. The zero-order valence-corrected chi connectivity index (χ0v) is 14.0. The van der Waals surface area contributed by atoms with Gasteiger partial charge in [-0.2, -0.15) is 0 Å². The topological polar surface area (TPSA) is 15.3 Å². The number of hydrogen-bond donors (Lipinski definition) is 1. The molecule has 0 saturated heterocycles. The van der Waals surface area contributed by atoms with Crippen molar-refractivity contribution in [2.75, 3.05) is 26.2 Å². The lowest BCUT2D eigenvalue weighted by Gasteiger charge is -2.17. The van der Waals surface area contributed by atoms with Gasteiger partial charge < -0.3 is 10.2 Å². The van der Waals surface area contributed by atoms with Crippen LogP contribution in [-0.4, -0.2) is 31.1 Å². The lowest BCUT2D eigenvalue weighted by molar-refractivity contribution is 0.298. The van der Waals surface area contributed by atoms with Crippen LogP contribution in [0.2, 0.25) is 0 Å². The molecule has 2 rings (SSSR count). The summed E-state index contributed by atoms with van der Waals surface area (Å²) >= 11 is 1.89. The van der Waals surface area contributed by atoms with E-state index in [4.69, 9.17) is 0 Å². The van der Waals surface area contributed by atoms with Crippen LogP contribution in [0.3, 0.4) is 0 Å². The molecule has 2 nitrogen and oxygen atoms in total. The van der Waals surface area contributed by atoms with Gasteiger partial charge in [-0.3, -0.25) is 0 Å². The molecular weight excluding hydrogens is 276 g/mol. The summed E-state index contributed by atoms with van der Waals surface area (Å²) in [6.07, 6.45) is 1.22. The minimum atomic E-state index is 0.982. The van der Waals surface area contributed by atoms with Gasteiger partial charge in [-0.1, -0.05) is 44.2 Å². The third-order valence-electron chi connectivity index (χ3n) is 3.74. The van der Waals surface area contributed by atoms with Gasteiger partial charge in [0.25, 0.3) is 0 Å². The van der Waals surface area contributed by atoms with Gasteiger partial charge in [0.1, 0.15) is 0 Å². The molecule has 0 aliphatic rings. The molecule has 3 heteroatoms. The van der Waals surface area contributed by atoms with Crippen LogP contribution in [0.5, 0.6) is 0 Å². The SMILES string of the molecule is CCN(CC)CCCNCc1ccc(-c2ccccc2)s1. The van der Waals surface area contributed by atoms with E-state index < -0.39 is 0 Å². The molecule has 0 amide bonds. The van der Waals surface area contributed by atoms with Gasteiger partial charge in [0.05, 0.1) is 0 Å². The summed E-state index contributed by atoms with van der Waals surface area (Å²) < 4.78 is 0. The van der Waals surface area contributed by atoms with Crippen LogP contribution in [-0.2, 0) is 6.54 Å². The third kappa shape index (κ3) is 5.27. The molecule has 1 aromatic carbocycles. The van der Waals surface area contributed by atoms with Gasteiger partial charge in [-0.25, -0.2) is 0 Å². The molecule has 2 aromatic rings. The quantitative estimate of drug-likeness (QED) is 0.697. The summed E-state index contributed by atoms with van der Waals surface area (Å²) in [7, 11) is 0. The van der Waals surface area contributed by atoms with Crippen LogP contribution in [0.25, 0.3) is 10.4 Å². The number of benzene rings is 1. The second-order valence-electron chi connectivity index (χ2n) is 5.19. The van der Waals surface area contributed by atoms with E-state index in [-0.39, 0.29) is 0 Å². The molecular formula is C18H26N2S. The second-order valence-corrected chi connectivity index (χ2v) is 6.36. The van der Waals surface area contributed by atoms with Crippen LogP contribution in [0, 0.1) is 0 Å². The lowest BCUT2D eigenvalue weighted by Crippen LogP contribution is -2.27. The van der Waals surface area contributed by atoms with E-state index in [0.29, 0.717) is 0 Å². The van der Waals surface area contributed by atoms with Crippen LogP contribution in [0.4, 0.5) is 0 Å². The Balaban J connectivity index is 1.71. The standard InChI is InChI=1S/C18H26N2S/c1-3-20(4-2)14-8-13-19-15-17-11-12-18(21-17)16-9-6-5-7-10-16/h5-7,9-12,19H,3-4,8,13-15H2,1-2H3. The number of hydrogen-bond acceptors (Lipinski definition) is 3. The molecule has 0 aliphatic heterocycles. The molecule has 0 spiro atoms. The normalized spacial score (nSPS) is 11.2. The van der Waals surface area contributed by atoms with Gasteiger partial charge in [-0.15, -0.1) is 11.3 Å². The fourth-order valence-electron chi connectivity index (χ4n) is 2.41. The molecule has 21 heavy (non-hydrogen) atoms. The first kappa shape index (κ1) is 16.2. The van der Waals surface area contributed by atoms with E-state index in [1.807, 2.05) is 11.3 Å². The molecule has 0 aliphatic carbocycles. The van der Waals surface area contributed by atoms with E-state index >= 15 is 0 Å². The van der Waals surface area contributed by atoms with E-state index in [1.165, 1.54) is 28.3 Å². The molecule has 0 atom stereocenters. The molecule has 0 radical (unpaired) electrons. The predicted molar refractivity (Wildman–Crippen MR) is 93.9 cm³/mol. The first-order valence-corrected chi connectivity index (χ1v) is 8.72. The number of thiophene rings is 1. The zero-order valence-electron chi connectivity index (χ0n) is 13.1. The predicted octanol–water partition coefficient (Wildman–Crippen LogP) is 4.24. The molecule has 1 aromatic heterocycles. The van der Waals surface area contributed by atoms with Crippen molar-refractivity contribution in [1.82, 2.24) is 10.2 Å². The van der Waals surface area contributed by atoms with Gasteiger partial charge in [-0.05, 0) is 50.3 Å². The Morgan fingerprint density at radius 2 is 1.76 bits per heavy atom. The van der Waals surface area contributed by atoms with E-state index in [9.17, 15) is 0 Å². The van der Waals surface area contributed by atoms with Gasteiger partial charge >= 0.3 is 0 Å². The molecule has 0 bridgehead atoms. The monoisotopic (exact) mass is 302 g/mol. The Bertz CT molecular complexity index is 503. The highest BCUT2D eigenvalue weighted by Gasteiger charge is 2.02. The Morgan fingerprint density at radius 3 is 2.48 bits per heavy atom. The fraction of sp³-hybridized carbons (Fsp3) is 0.444. The molecule has 0 saturated carbocycles. The summed E-state index contributed by atoms with van der Waals surface area (Å²) in [6, 6.07) is 15.1. The van der Waals surface area contributed by atoms with Crippen LogP contribution in [0.15, 0.2) is 42.5 Å². The molecule has 1 N–H and O–H groups in total. The van der Waals surface area contributed by atoms with Crippen LogP contribution in [0.1, 0.15) is 25.1 Å². The van der Waals surface area contributed by atoms with Gasteiger partial charge in [0.2, 0.25) is 0 Å². The summed E-state index contributed by atoms with van der Waals surface area (Å²) in [6.45, 7) is 10.0. The Kier molecular flexibility index (Phi) is 6.93. The molecule has 0 fully saturated rings. The van der Waals surface area contributed by atoms with Crippen molar-refractivity contribution >= 4 is 11.3 Å². The van der Waals surface area contributed by atoms with E-state index in [1.54, 1.807) is 0 Å². The van der Waals surface area contributed by atoms with Crippen molar-refractivity contribution in [2.24, 2.45) is 0 Å². The van der Waals surface area contributed by atoms with Crippen molar-refractivity contribution in [2.45, 2.75) is 26.8 Å². The Labute approximate surface area is 132 Å². The molecule has 0 unspecified atom stereocenters. The van der Waals surface area contributed by atoms with Crippen LogP contribution < -0.4 is 5.32 Å². The average Bonchev–Trinajstić information content (AvgIpc) is 3.01. The van der Waals surface area contributed by atoms with Crippen molar-refractivity contribution in [3.05, 3.63) is 47.3 Å². The van der Waals surface area contributed by atoms with Gasteiger partial charge in [0, 0.05) is 16.3 Å².